The van der Waals surface area contributed by atoms with Crippen molar-refractivity contribution in [1.82, 2.24) is 10.5 Å². The topological polar surface area (TPSA) is 94.6 Å². The first kappa shape index (κ1) is 26.1. The number of fused-ring (bicyclic) bond motifs is 1. The zero-order valence-corrected chi connectivity index (χ0v) is 20.0. The number of nitrogens with one attached hydrogen (secondary N) is 1. The Bertz CT molecular complexity index is 1310. The van der Waals surface area contributed by atoms with Gasteiger partial charge >= 0.3 is 12.1 Å². The van der Waals surface area contributed by atoms with E-state index >= 15 is 0 Å². The van der Waals surface area contributed by atoms with Crippen LogP contribution in [0.5, 0.6) is 5.75 Å². The van der Waals surface area contributed by atoms with Gasteiger partial charge in [-0.3, -0.25) is 14.6 Å². The van der Waals surface area contributed by atoms with Gasteiger partial charge in [0.1, 0.15) is 18.1 Å². The van der Waals surface area contributed by atoms with Crippen LogP contribution in [-0.2, 0) is 32.2 Å². The second-order valence-electron chi connectivity index (χ2n) is 9.01. The average Bonchev–Trinajstić information content (AvgIpc) is 3.36. The van der Waals surface area contributed by atoms with Gasteiger partial charge in [0.2, 0.25) is 0 Å². The molecule has 1 heterocycles. The fourth-order valence-electron chi connectivity index (χ4n) is 4.60. The van der Waals surface area contributed by atoms with Gasteiger partial charge in [0.15, 0.2) is 0 Å². The SMILES string of the molecule is Cc1cc(COc2ccc(CC(=O)C3CCC[C@@H]3C(=O)NOC(=O)C(F)(F)F)cc2)c2ccccc2n1. The van der Waals surface area contributed by atoms with Gasteiger partial charge in [-0.25, -0.2) is 4.79 Å². The third-order valence-corrected chi connectivity index (χ3v) is 6.37. The standard InChI is InChI=1S/C27H25F3N2O5/c1-16-13-18(20-5-2-3-8-23(20)31-16)15-36-19-11-9-17(10-12-19)14-24(33)21-6-4-7-22(21)25(34)32-37-26(35)27(28,29)30/h2-3,5,8-13,21-22H,4,6-7,14-15H2,1H3,(H,32,34)/t21?,22-/m0/s1. The Morgan fingerprint density at radius 1 is 1.03 bits per heavy atom. The van der Waals surface area contributed by atoms with E-state index in [9.17, 15) is 27.6 Å². The molecule has 4 rings (SSSR count). The maximum atomic E-state index is 12.9. The number of Topliss-reactive ketones (excluding diaryl/α,β-unsaturated/α-hetero) is 1. The van der Waals surface area contributed by atoms with Crippen LogP contribution in [0, 0.1) is 18.8 Å². The highest BCUT2D eigenvalue weighted by Gasteiger charge is 2.43. The molecule has 1 aromatic heterocycles. The number of hydrogen-bond acceptors (Lipinski definition) is 6. The number of halogens is 3. The first-order valence-corrected chi connectivity index (χ1v) is 11.8. The Morgan fingerprint density at radius 3 is 2.46 bits per heavy atom. The second-order valence-corrected chi connectivity index (χ2v) is 9.01. The quantitative estimate of drug-likeness (QED) is 0.456. The molecule has 1 aliphatic rings. The molecule has 0 spiro atoms. The minimum atomic E-state index is -5.22. The van der Waals surface area contributed by atoms with Crippen LogP contribution in [0.4, 0.5) is 13.2 Å². The maximum Gasteiger partial charge on any atom is 0.493 e. The Hall–Kier alpha value is -3.95. The number of para-hydroxylation sites is 1. The van der Waals surface area contributed by atoms with Crippen LogP contribution in [0.1, 0.15) is 36.1 Å². The lowest BCUT2D eigenvalue weighted by atomic mass is 9.88. The first-order chi connectivity index (χ1) is 17.6. The van der Waals surface area contributed by atoms with Crippen molar-refractivity contribution in [1.29, 1.82) is 0 Å². The molecular weight excluding hydrogens is 489 g/mol. The summed E-state index contributed by atoms with van der Waals surface area (Å²) in [4.78, 5) is 44.3. The van der Waals surface area contributed by atoms with E-state index in [0.29, 0.717) is 31.6 Å². The van der Waals surface area contributed by atoms with Gasteiger partial charge in [-0.15, -0.1) is 0 Å². The summed E-state index contributed by atoms with van der Waals surface area (Å²) in [6.07, 6.45) is -3.84. The largest absolute Gasteiger partial charge is 0.493 e. The number of hydrogen-bond donors (Lipinski definition) is 1. The number of amides is 1. The third kappa shape index (κ3) is 6.44. The number of rotatable bonds is 7. The number of pyridine rings is 1. The average molecular weight is 514 g/mol. The number of aromatic nitrogens is 1. The molecule has 1 amide bonds. The number of benzene rings is 2. The summed E-state index contributed by atoms with van der Waals surface area (Å²) in [7, 11) is 0. The molecule has 1 aliphatic carbocycles. The normalized spacial score (nSPS) is 17.4. The van der Waals surface area contributed by atoms with Crippen molar-refractivity contribution in [2.24, 2.45) is 11.8 Å². The van der Waals surface area contributed by atoms with E-state index in [-0.39, 0.29) is 12.2 Å². The number of carbonyl (C=O) groups excluding carboxylic acids is 3. The summed E-state index contributed by atoms with van der Waals surface area (Å²) in [6, 6.07) is 16.8. The molecule has 1 unspecified atom stereocenters. The number of ether oxygens (including phenoxy) is 1. The molecule has 2 atom stereocenters. The number of alkyl halides is 3. The van der Waals surface area contributed by atoms with Crippen molar-refractivity contribution in [2.75, 3.05) is 0 Å². The van der Waals surface area contributed by atoms with Crippen molar-refractivity contribution >= 4 is 28.6 Å². The number of hydroxylamine groups is 1. The van der Waals surface area contributed by atoms with Crippen LogP contribution in [0.15, 0.2) is 54.6 Å². The van der Waals surface area contributed by atoms with Crippen molar-refractivity contribution in [2.45, 2.75) is 45.4 Å². The Labute approximate surface area is 210 Å². The van der Waals surface area contributed by atoms with E-state index in [1.165, 1.54) is 0 Å². The minimum absolute atomic E-state index is 0.0608. The van der Waals surface area contributed by atoms with Crippen LogP contribution in [0.25, 0.3) is 10.9 Å². The lowest BCUT2D eigenvalue weighted by molar-refractivity contribution is -0.208. The van der Waals surface area contributed by atoms with Crippen LogP contribution in [0.3, 0.4) is 0 Å². The molecule has 1 saturated carbocycles. The van der Waals surface area contributed by atoms with Crippen molar-refractivity contribution in [3.05, 3.63) is 71.4 Å². The predicted octanol–water partition coefficient (Wildman–Crippen LogP) is 4.79. The molecule has 10 heteroatoms. The second kappa shape index (κ2) is 11.0. The Morgan fingerprint density at radius 2 is 1.73 bits per heavy atom. The molecule has 1 fully saturated rings. The number of nitrogens with zero attached hydrogens (tertiary/aromatic N) is 1. The summed E-state index contributed by atoms with van der Waals surface area (Å²) >= 11 is 0. The van der Waals surface area contributed by atoms with Crippen LogP contribution in [-0.4, -0.2) is 28.8 Å². The van der Waals surface area contributed by atoms with Gasteiger partial charge in [-0.2, -0.15) is 18.7 Å². The van der Waals surface area contributed by atoms with Gasteiger partial charge in [0.05, 0.1) is 11.4 Å². The maximum absolute atomic E-state index is 12.9. The third-order valence-electron chi connectivity index (χ3n) is 6.37. The van der Waals surface area contributed by atoms with E-state index in [1.54, 1.807) is 29.7 Å². The predicted molar refractivity (Wildman–Crippen MR) is 127 cm³/mol. The Kier molecular flexibility index (Phi) is 7.75. The Balaban J connectivity index is 1.33. The zero-order valence-electron chi connectivity index (χ0n) is 20.0. The van der Waals surface area contributed by atoms with E-state index in [4.69, 9.17) is 4.74 Å². The lowest BCUT2D eigenvalue weighted by Gasteiger charge is -2.18. The molecule has 2 aromatic carbocycles. The van der Waals surface area contributed by atoms with Crippen LogP contribution >= 0.6 is 0 Å². The molecule has 37 heavy (non-hydrogen) atoms. The molecule has 3 aromatic rings. The number of ketones is 1. The molecular formula is C27H25F3N2O5. The van der Waals surface area contributed by atoms with Crippen molar-refractivity contribution in [3.8, 4) is 5.75 Å². The molecule has 1 N–H and O–H groups in total. The van der Waals surface area contributed by atoms with Crippen molar-refractivity contribution < 1.29 is 37.1 Å². The molecule has 194 valence electrons. The first-order valence-electron chi connectivity index (χ1n) is 11.8. The van der Waals surface area contributed by atoms with Crippen LogP contribution in [0.2, 0.25) is 0 Å². The smallest absolute Gasteiger partial charge is 0.489 e. The van der Waals surface area contributed by atoms with Crippen LogP contribution < -0.4 is 10.2 Å². The fraction of sp³-hybridized carbons (Fsp3) is 0.333. The molecule has 0 bridgehead atoms. The monoisotopic (exact) mass is 514 g/mol. The van der Waals surface area contributed by atoms with E-state index in [1.807, 2.05) is 37.3 Å². The summed E-state index contributed by atoms with van der Waals surface area (Å²) in [5, 5.41) is 1.01. The lowest BCUT2D eigenvalue weighted by Crippen LogP contribution is -2.40. The number of carbonyl (C=O) groups is 3. The summed E-state index contributed by atoms with van der Waals surface area (Å²) in [6.45, 7) is 2.27. The summed E-state index contributed by atoms with van der Waals surface area (Å²) in [5.74, 6) is -4.52. The zero-order chi connectivity index (χ0) is 26.6. The highest BCUT2D eigenvalue weighted by molar-refractivity contribution is 5.90. The van der Waals surface area contributed by atoms with E-state index < -0.39 is 29.9 Å². The van der Waals surface area contributed by atoms with Gasteiger partial charge in [0, 0.05) is 29.0 Å². The molecule has 0 aliphatic heterocycles. The van der Waals surface area contributed by atoms with Gasteiger partial charge in [-0.05, 0) is 49.6 Å². The van der Waals surface area contributed by atoms with Crippen molar-refractivity contribution in [3.63, 3.8) is 0 Å². The van der Waals surface area contributed by atoms with Gasteiger partial charge < -0.3 is 9.57 Å². The minimum Gasteiger partial charge on any atom is -0.489 e. The highest BCUT2D eigenvalue weighted by atomic mass is 19.4. The number of aryl methyl sites for hydroxylation is 1. The highest BCUT2D eigenvalue weighted by Crippen LogP contribution is 2.34. The van der Waals surface area contributed by atoms with E-state index in [0.717, 1.165) is 27.7 Å². The van der Waals surface area contributed by atoms with Gasteiger partial charge in [0.25, 0.3) is 5.91 Å². The van der Waals surface area contributed by atoms with Gasteiger partial charge in [-0.1, -0.05) is 36.8 Å². The molecule has 7 nitrogen and oxygen atoms in total. The van der Waals surface area contributed by atoms with E-state index in [2.05, 4.69) is 9.82 Å². The summed E-state index contributed by atoms with van der Waals surface area (Å²) < 4.78 is 42.8. The fourth-order valence-corrected chi connectivity index (χ4v) is 4.60. The molecule has 0 radical (unpaired) electrons. The summed E-state index contributed by atoms with van der Waals surface area (Å²) in [5.41, 5.74) is 5.06. The molecule has 0 saturated heterocycles.